The lowest BCUT2D eigenvalue weighted by Crippen LogP contribution is -2.01. The van der Waals surface area contributed by atoms with Crippen molar-refractivity contribution in [3.05, 3.63) is 59.9 Å². The Labute approximate surface area is 106 Å². The molecule has 0 aliphatic rings. The average Bonchev–Trinajstić information content (AvgIpc) is 2.37. The Bertz CT molecular complexity index is 614. The fourth-order valence-electron chi connectivity index (χ4n) is 1.97. The Morgan fingerprint density at radius 1 is 1.11 bits per heavy atom. The van der Waals surface area contributed by atoms with E-state index in [1.54, 1.807) is 24.3 Å². The molecule has 0 saturated carbocycles. The summed E-state index contributed by atoms with van der Waals surface area (Å²) in [5, 5.41) is 1.18. The molecule has 2 heteroatoms. The van der Waals surface area contributed by atoms with Crippen molar-refractivity contribution in [2.75, 3.05) is 0 Å². The quantitative estimate of drug-likeness (QED) is 0.569. The molecule has 92 valence electrons. The molecule has 0 amide bonds. The van der Waals surface area contributed by atoms with Crippen LogP contribution in [0.2, 0.25) is 0 Å². The number of carbonyl (C=O) groups excluding carboxylic acids is 1. The maximum atomic E-state index is 13.6. The number of fused-ring (bicyclic) bond motifs is 1. The second-order valence-corrected chi connectivity index (χ2v) is 4.52. The van der Waals surface area contributed by atoms with Gasteiger partial charge in [0, 0.05) is 17.4 Å². The molecule has 0 unspecified atom stereocenters. The highest BCUT2D eigenvalue weighted by Gasteiger charge is 2.11. The van der Waals surface area contributed by atoms with Gasteiger partial charge in [-0.3, -0.25) is 4.79 Å². The summed E-state index contributed by atoms with van der Waals surface area (Å²) in [7, 11) is 0. The zero-order chi connectivity index (χ0) is 13.1. The number of hydrogen-bond donors (Lipinski definition) is 0. The van der Waals surface area contributed by atoms with Crippen LogP contribution in [0, 0.1) is 5.82 Å². The lowest BCUT2D eigenvalue weighted by molar-refractivity contribution is 0.0984. The molecule has 0 bridgehead atoms. The molecule has 0 fully saturated rings. The number of halogens is 1. The Balaban J connectivity index is 2.42. The molecule has 0 radical (unpaired) electrons. The van der Waals surface area contributed by atoms with Gasteiger partial charge < -0.3 is 0 Å². The highest BCUT2D eigenvalue weighted by atomic mass is 19.1. The van der Waals surface area contributed by atoms with E-state index in [1.807, 2.05) is 13.0 Å². The van der Waals surface area contributed by atoms with E-state index in [9.17, 15) is 9.18 Å². The van der Waals surface area contributed by atoms with E-state index in [0.717, 1.165) is 5.57 Å². The van der Waals surface area contributed by atoms with Crippen LogP contribution in [0.15, 0.2) is 48.6 Å². The minimum atomic E-state index is -0.290. The average molecular weight is 242 g/mol. The number of hydrogen-bond acceptors (Lipinski definition) is 1. The van der Waals surface area contributed by atoms with Gasteiger partial charge in [0.05, 0.1) is 0 Å². The lowest BCUT2D eigenvalue weighted by Gasteiger charge is -2.06. The van der Waals surface area contributed by atoms with Crippen molar-refractivity contribution < 1.29 is 9.18 Å². The zero-order valence-corrected chi connectivity index (χ0v) is 10.4. The van der Waals surface area contributed by atoms with Crippen LogP contribution in [-0.2, 0) is 0 Å². The molecule has 0 saturated heterocycles. The molecule has 1 nitrogen and oxygen atoms in total. The normalized spacial score (nSPS) is 10.6. The van der Waals surface area contributed by atoms with E-state index < -0.39 is 0 Å². The van der Waals surface area contributed by atoms with Gasteiger partial charge in [0.15, 0.2) is 5.78 Å². The van der Waals surface area contributed by atoms with Gasteiger partial charge in [0.25, 0.3) is 0 Å². The molecule has 2 aromatic carbocycles. The molecule has 0 heterocycles. The first kappa shape index (κ1) is 12.5. The Morgan fingerprint density at radius 2 is 1.78 bits per heavy atom. The molecule has 2 rings (SSSR count). The van der Waals surface area contributed by atoms with Gasteiger partial charge in [0.1, 0.15) is 5.82 Å². The van der Waals surface area contributed by atoms with Crippen LogP contribution >= 0.6 is 0 Å². The molecule has 0 aromatic heterocycles. The molecular formula is C16H15FO. The van der Waals surface area contributed by atoms with Crippen LogP contribution in [0.3, 0.4) is 0 Å². The maximum absolute atomic E-state index is 13.6. The lowest BCUT2D eigenvalue weighted by atomic mass is 9.98. The van der Waals surface area contributed by atoms with Crippen molar-refractivity contribution in [1.29, 1.82) is 0 Å². The smallest absolute Gasteiger partial charge is 0.163 e. The van der Waals surface area contributed by atoms with Crippen LogP contribution < -0.4 is 0 Å². The predicted molar refractivity (Wildman–Crippen MR) is 72.3 cm³/mol. The van der Waals surface area contributed by atoms with E-state index in [0.29, 0.717) is 29.2 Å². The van der Waals surface area contributed by atoms with Gasteiger partial charge in [-0.05, 0) is 30.9 Å². The first-order valence-electron chi connectivity index (χ1n) is 5.94. The first-order chi connectivity index (χ1) is 8.59. The standard InChI is InChI=1S/C16H15FO/c1-11(2)7-10-16(18)14-8-9-15(17)13-6-4-3-5-12(13)14/h3-6,8-9H,1,7,10H2,2H3. The summed E-state index contributed by atoms with van der Waals surface area (Å²) >= 11 is 0. The van der Waals surface area contributed by atoms with E-state index >= 15 is 0 Å². The number of rotatable bonds is 4. The van der Waals surface area contributed by atoms with E-state index in [-0.39, 0.29) is 11.6 Å². The van der Waals surface area contributed by atoms with Crippen molar-refractivity contribution in [3.63, 3.8) is 0 Å². The first-order valence-corrected chi connectivity index (χ1v) is 5.94. The Hall–Kier alpha value is -1.96. The number of benzene rings is 2. The third kappa shape index (κ3) is 2.48. The second kappa shape index (κ2) is 5.13. The van der Waals surface area contributed by atoms with Gasteiger partial charge in [-0.1, -0.05) is 29.8 Å². The van der Waals surface area contributed by atoms with Crippen LogP contribution in [-0.4, -0.2) is 5.78 Å². The van der Waals surface area contributed by atoms with Crippen LogP contribution in [0.1, 0.15) is 30.1 Å². The number of Topliss-reactive ketones (excluding diaryl/α,β-unsaturated/α-hetero) is 1. The van der Waals surface area contributed by atoms with Crippen LogP contribution in [0.5, 0.6) is 0 Å². The van der Waals surface area contributed by atoms with Crippen molar-refractivity contribution >= 4 is 16.6 Å². The number of carbonyl (C=O) groups is 1. The summed E-state index contributed by atoms with van der Waals surface area (Å²) in [6, 6.07) is 9.99. The highest BCUT2D eigenvalue weighted by molar-refractivity contribution is 6.08. The fourth-order valence-corrected chi connectivity index (χ4v) is 1.97. The third-order valence-corrected chi connectivity index (χ3v) is 2.95. The van der Waals surface area contributed by atoms with Crippen LogP contribution in [0.25, 0.3) is 10.8 Å². The van der Waals surface area contributed by atoms with Crippen molar-refractivity contribution in [2.24, 2.45) is 0 Å². The molecular weight excluding hydrogens is 227 g/mol. The van der Waals surface area contributed by atoms with E-state index in [4.69, 9.17) is 0 Å². The summed E-state index contributed by atoms with van der Waals surface area (Å²) in [6.07, 6.45) is 1.09. The van der Waals surface area contributed by atoms with Gasteiger partial charge in [0.2, 0.25) is 0 Å². The SMILES string of the molecule is C=C(C)CCC(=O)c1ccc(F)c2ccccc12. The van der Waals surface area contributed by atoms with Crippen molar-refractivity contribution in [3.8, 4) is 0 Å². The third-order valence-electron chi connectivity index (χ3n) is 2.95. The topological polar surface area (TPSA) is 17.1 Å². The molecule has 0 atom stereocenters. The summed E-state index contributed by atoms with van der Waals surface area (Å²) in [5.41, 5.74) is 1.57. The molecule has 0 aliphatic carbocycles. The largest absolute Gasteiger partial charge is 0.294 e. The van der Waals surface area contributed by atoms with Crippen LogP contribution in [0.4, 0.5) is 4.39 Å². The molecule has 18 heavy (non-hydrogen) atoms. The van der Waals surface area contributed by atoms with E-state index in [1.165, 1.54) is 6.07 Å². The predicted octanol–water partition coefficient (Wildman–Crippen LogP) is 4.52. The number of ketones is 1. The number of allylic oxidation sites excluding steroid dienone is 1. The summed E-state index contributed by atoms with van der Waals surface area (Å²) < 4.78 is 13.6. The van der Waals surface area contributed by atoms with Gasteiger partial charge in [-0.15, -0.1) is 6.58 Å². The Kier molecular flexibility index (Phi) is 3.56. The van der Waals surface area contributed by atoms with Crippen molar-refractivity contribution in [1.82, 2.24) is 0 Å². The van der Waals surface area contributed by atoms with Gasteiger partial charge >= 0.3 is 0 Å². The minimum Gasteiger partial charge on any atom is -0.294 e. The molecule has 0 N–H and O–H groups in total. The summed E-state index contributed by atoms with van der Waals surface area (Å²) in [5.74, 6) is -0.253. The summed E-state index contributed by atoms with van der Waals surface area (Å²) in [6.45, 7) is 5.68. The van der Waals surface area contributed by atoms with Crippen molar-refractivity contribution in [2.45, 2.75) is 19.8 Å². The molecule has 2 aromatic rings. The Morgan fingerprint density at radius 3 is 2.44 bits per heavy atom. The fraction of sp³-hybridized carbons (Fsp3) is 0.188. The molecule has 0 spiro atoms. The minimum absolute atomic E-state index is 0.0363. The highest BCUT2D eigenvalue weighted by Crippen LogP contribution is 2.23. The van der Waals surface area contributed by atoms with E-state index in [2.05, 4.69) is 6.58 Å². The summed E-state index contributed by atoms with van der Waals surface area (Å²) in [4.78, 5) is 12.1. The second-order valence-electron chi connectivity index (χ2n) is 4.52. The maximum Gasteiger partial charge on any atom is 0.163 e. The van der Waals surface area contributed by atoms with Gasteiger partial charge in [-0.2, -0.15) is 0 Å². The van der Waals surface area contributed by atoms with Gasteiger partial charge in [-0.25, -0.2) is 4.39 Å². The molecule has 0 aliphatic heterocycles. The monoisotopic (exact) mass is 242 g/mol. The zero-order valence-electron chi connectivity index (χ0n) is 10.4.